The van der Waals surface area contributed by atoms with Crippen molar-refractivity contribution in [3.05, 3.63) is 0 Å². The summed E-state index contributed by atoms with van der Waals surface area (Å²) >= 11 is 0. The molecule has 0 aromatic rings. The Labute approximate surface area is 84.6 Å². The van der Waals surface area contributed by atoms with Gasteiger partial charge >= 0.3 is 11.9 Å². The Kier molecular flexibility index (Phi) is 5.92. The monoisotopic (exact) mass is 202 g/mol. The number of hydrogen-bond acceptors (Lipinski definition) is 4. The number of hydrogen-bond donors (Lipinski definition) is 0. The molecule has 1 atom stereocenters. The van der Waals surface area contributed by atoms with Crippen molar-refractivity contribution in [3.63, 3.8) is 0 Å². The average molecular weight is 202 g/mol. The second-order valence-electron chi connectivity index (χ2n) is 3.63. The lowest BCUT2D eigenvalue weighted by molar-refractivity contribution is -0.152. The van der Waals surface area contributed by atoms with Gasteiger partial charge in [0.2, 0.25) is 0 Å². The molecule has 0 N–H and O–H groups in total. The van der Waals surface area contributed by atoms with Crippen molar-refractivity contribution >= 4 is 11.9 Å². The smallest absolute Gasteiger partial charge is 0.309 e. The molecule has 4 heteroatoms. The first-order valence-electron chi connectivity index (χ1n) is 4.65. The second kappa shape index (κ2) is 6.40. The van der Waals surface area contributed by atoms with Crippen molar-refractivity contribution in [3.8, 4) is 0 Å². The van der Waals surface area contributed by atoms with Crippen LogP contribution in [0, 0.1) is 11.8 Å². The molecule has 0 radical (unpaired) electrons. The average Bonchev–Trinajstić information content (AvgIpc) is 2.14. The first-order valence-corrected chi connectivity index (χ1v) is 4.65. The van der Waals surface area contributed by atoms with Crippen LogP contribution in [0.4, 0.5) is 0 Å². The van der Waals surface area contributed by atoms with Gasteiger partial charge in [0.05, 0.1) is 26.6 Å². The zero-order valence-corrected chi connectivity index (χ0v) is 9.20. The molecule has 0 heterocycles. The highest BCUT2D eigenvalue weighted by Gasteiger charge is 2.23. The number of esters is 2. The molecule has 1 unspecified atom stereocenters. The van der Waals surface area contributed by atoms with Gasteiger partial charge in [0, 0.05) is 0 Å². The zero-order chi connectivity index (χ0) is 11.1. The third kappa shape index (κ3) is 4.84. The Bertz CT molecular complexity index is 198. The lowest BCUT2D eigenvalue weighted by Crippen LogP contribution is -2.22. The standard InChI is InChI=1S/C10H18O4/c1-7(2)5-8(10(12)14-4)6-9(11)13-3/h7-8H,5-6H2,1-4H3. The zero-order valence-electron chi connectivity index (χ0n) is 9.20. The number of ether oxygens (including phenoxy) is 2. The van der Waals surface area contributed by atoms with E-state index in [1.165, 1.54) is 14.2 Å². The van der Waals surface area contributed by atoms with Crippen LogP contribution < -0.4 is 0 Å². The van der Waals surface area contributed by atoms with E-state index in [9.17, 15) is 9.59 Å². The van der Waals surface area contributed by atoms with Gasteiger partial charge in [-0.1, -0.05) is 13.8 Å². The minimum atomic E-state index is -0.382. The molecule has 0 aliphatic carbocycles. The van der Waals surface area contributed by atoms with E-state index in [4.69, 9.17) is 0 Å². The minimum absolute atomic E-state index is 0.0986. The van der Waals surface area contributed by atoms with Crippen LogP contribution in [0.25, 0.3) is 0 Å². The highest BCUT2D eigenvalue weighted by molar-refractivity contribution is 5.79. The summed E-state index contributed by atoms with van der Waals surface area (Å²) in [5.74, 6) is -0.749. The molecule has 0 bridgehead atoms. The fourth-order valence-corrected chi connectivity index (χ4v) is 1.28. The van der Waals surface area contributed by atoms with Crippen LogP contribution in [0.2, 0.25) is 0 Å². The van der Waals surface area contributed by atoms with Gasteiger partial charge in [-0.2, -0.15) is 0 Å². The highest BCUT2D eigenvalue weighted by atomic mass is 16.5. The van der Waals surface area contributed by atoms with Crippen LogP contribution in [0.1, 0.15) is 26.7 Å². The van der Waals surface area contributed by atoms with Crippen molar-refractivity contribution in [2.24, 2.45) is 11.8 Å². The summed E-state index contributed by atoms with van der Waals surface area (Å²) in [6.45, 7) is 3.99. The van der Waals surface area contributed by atoms with Crippen molar-refractivity contribution in [2.45, 2.75) is 26.7 Å². The SMILES string of the molecule is COC(=O)CC(CC(C)C)C(=O)OC. The minimum Gasteiger partial charge on any atom is -0.469 e. The molecular weight excluding hydrogens is 184 g/mol. The molecule has 0 aliphatic rings. The summed E-state index contributed by atoms with van der Waals surface area (Å²) in [6, 6.07) is 0. The van der Waals surface area contributed by atoms with Crippen molar-refractivity contribution in [1.29, 1.82) is 0 Å². The molecule has 0 aliphatic heterocycles. The van der Waals surface area contributed by atoms with Gasteiger partial charge in [-0.3, -0.25) is 9.59 Å². The van der Waals surface area contributed by atoms with Gasteiger partial charge in [-0.05, 0) is 12.3 Å². The first kappa shape index (κ1) is 12.9. The Balaban J connectivity index is 4.24. The molecule has 0 rings (SSSR count). The number of methoxy groups -OCH3 is 2. The molecule has 0 spiro atoms. The van der Waals surface area contributed by atoms with E-state index in [1.807, 2.05) is 13.8 Å². The second-order valence-corrected chi connectivity index (χ2v) is 3.63. The lowest BCUT2D eigenvalue weighted by Gasteiger charge is -2.15. The molecule has 0 saturated carbocycles. The van der Waals surface area contributed by atoms with Gasteiger partial charge in [-0.15, -0.1) is 0 Å². The molecule has 14 heavy (non-hydrogen) atoms. The Hall–Kier alpha value is -1.06. The first-order chi connectivity index (χ1) is 6.51. The summed E-state index contributed by atoms with van der Waals surface area (Å²) in [5, 5.41) is 0. The molecule has 4 nitrogen and oxygen atoms in total. The Morgan fingerprint density at radius 2 is 1.71 bits per heavy atom. The number of carbonyl (C=O) groups is 2. The predicted molar refractivity (Wildman–Crippen MR) is 51.6 cm³/mol. The van der Waals surface area contributed by atoms with Crippen molar-refractivity contribution in [1.82, 2.24) is 0 Å². The summed E-state index contributed by atoms with van der Waals surface area (Å²) < 4.78 is 9.12. The molecule has 82 valence electrons. The maximum Gasteiger partial charge on any atom is 0.309 e. The van der Waals surface area contributed by atoms with Gasteiger partial charge in [0.25, 0.3) is 0 Å². The normalized spacial score (nSPS) is 12.4. The van der Waals surface area contributed by atoms with Crippen LogP contribution >= 0.6 is 0 Å². The van der Waals surface area contributed by atoms with E-state index < -0.39 is 0 Å². The predicted octanol–water partition coefficient (Wildman–Crippen LogP) is 1.38. The molecule has 0 amide bonds. The van der Waals surface area contributed by atoms with Crippen molar-refractivity contribution < 1.29 is 19.1 Å². The van der Waals surface area contributed by atoms with E-state index in [-0.39, 0.29) is 24.3 Å². The quantitative estimate of drug-likeness (QED) is 0.632. The van der Waals surface area contributed by atoms with Crippen LogP contribution in [0.15, 0.2) is 0 Å². The fraction of sp³-hybridized carbons (Fsp3) is 0.800. The summed E-state index contributed by atoms with van der Waals surface area (Å²) in [6.07, 6.45) is 0.739. The van der Waals surface area contributed by atoms with E-state index >= 15 is 0 Å². The largest absolute Gasteiger partial charge is 0.469 e. The van der Waals surface area contributed by atoms with Gasteiger partial charge in [0.1, 0.15) is 0 Å². The van der Waals surface area contributed by atoms with Crippen LogP contribution in [0.3, 0.4) is 0 Å². The Morgan fingerprint density at radius 3 is 2.07 bits per heavy atom. The van der Waals surface area contributed by atoms with Gasteiger partial charge in [0.15, 0.2) is 0 Å². The summed E-state index contributed by atoms with van der Waals surface area (Å²) in [7, 11) is 2.64. The number of carbonyl (C=O) groups excluding carboxylic acids is 2. The highest BCUT2D eigenvalue weighted by Crippen LogP contribution is 2.17. The maximum absolute atomic E-state index is 11.3. The third-order valence-corrected chi connectivity index (χ3v) is 1.93. The van der Waals surface area contributed by atoms with Gasteiger partial charge in [-0.25, -0.2) is 0 Å². The molecule has 0 aromatic carbocycles. The number of rotatable bonds is 5. The van der Waals surface area contributed by atoms with Crippen LogP contribution in [-0.4, -0.2) is 26.2 Å². The fourth-order valence-electron chi connectivity index (χ4n) is 1.28. The van der Waals surface area contributed by atoms with Crippen molar-refractivity contribution in [2.75, 3.05) is 14.2 Å². The maximum atomic E-state index is 11.3. The van der Waals surface area contributed by atoms with Crippen LogP contribution in [-0.2, 0) is 19.1 Å². The Morgan fingerprint density at radius 1 is 1.14 bits per heavy atom. The van der Waals surface area contributed by atoms with Crippen LogP contribution in [0.5, 0.6) is 0 Å². The summed E-state index contributed by atoms with van der Waals surface area (Å²) in [4.78, 5) is 22.3. The van der Waals surface area contributed by atoms with E-state index in [1.54, 1.807) is 0 Å². The molecule has 0 aromatic heterocycles. The van der Waals surface area contributed by atoms with E-state index in [0.717, 1.165) is 0 Å². The van der Waals surface area contributed by atoms with E-state index in [2.05, 4.69) is 9.47 Å². The molecule has 0 fully saturated rings. The van der Waals surface area contributed by atoms with Gasteiger partial charge < -0.3 is 9.47 Å². The van der Waals surface area contributed by atoms with E-state index in [0.29, 0.717) is 12.3 Å². The molecule has 0 saturated heterocycles. The molecular formula is C10H18O4. The lowest BCUT2D eigenvalue weighted by atomic mass is 9.94. The summed E-state index contributed by atoms with van der Waals surface area (Å²) in [5.41, 5.74) is 0. The third-order valence-electron chi connectivity index (χ3n) is 1.93. The topological polar surface area (TPSA) is 52.6 Å².